The molecule has 2 aromatic rings. The Hall–Kier alpha value is -3.20. The second kappa shape index (κ2) is 11.1. The summed E-state index contributed by atoms with van der Waals surface area (Å²) in [5, 5.41) is 27.1. The highest BCUT2D eigenvalue weighted by molar-refractivity contribution is 5.86. The number of nitrogens with two attached hydrogens (primary N) is 1. The number of primary amides is 1. The number of nitrogens with zero attached hydrogens (tertiary/aromatic N) is 1. The lowest BCUT2D eigenvalue weighted by atomic mass is 9.65. The zero-order chi connectivity index (χ0) is 27.7. The zero-order valence-corrected chi connectivity index (χ0v) is 22.8. The number of aliphatic hydroxyl groups excluding tert-OH is 1. The van der Waals surface area contributed by atoms with E-state index in [2.05, 4.69) is 41.8 Å². The van der Waals surface area contributed by atoms with E-state index >= 15 is 0 Å². The number of nitrogens with one attached hydrogen (secondary N) is 2. The highest BCUT2D eigenvalue weighted by Crippen LogP contribution is 2.58. The Balaban J connectivity index is 1.59. The fraction of sp³-hybridized carbons (Fsp3) is 0.484. The van der Waals surface area contributed by atoms with Crippen LogP contribution in [-0.4, -0.2) is 52.8 Å². The summed E-state index contributed by atoms with van der Waals surface area (Å²) in [5.41, 5.74) is 10.7. The van der Waals surface area contributed by atoms with Crippen LogP contribution in [0.3, 0.4) is 0 Å². The van der Waals surface area contributed by atoms with E-state index in [4.69, 9.17) is 5.73 Å². The van der Waals surface area contributed by atoms with Gasteiger partial charge in [0, 0.05) is 24.1 Å². The molecule has 2 aromatic carbocycles. The van der Waals surface area contributed by atoms with Crippen molar-refractivity contribution in [3.8, 4) is 5.75 Å². The molecule has 8 heteroatoms. The second-order valence-electron chi connectivity index (χ2n) is 11.5. The van der Waals surface area contributed by atoms with E-state index in [9.17, 15) is 19.8 Å². The number of carbonyl (C=O) groups is 2. The van der Waals surface area contributed by atoms with Gasteiger partial charge in [0.1, 0.15) is 12.0 Å². The Bertz CT molecular complexity index is 1280. The van der Waals surface area contributed by atoms with Crippen LogP contribution < -0.4 is 16.4 Å². The summed E-state index contributed by atoms with van der Waals surface area (Å²) < 4.78 is 0. The lowest BCUT2D eigenvalue weighted by Crippen LogP contribution is -2.52. The Labute approximate surface area is 230 Å². The van der Waals surface area contributed by atoms with Crippen LogP contribution in [0.25, 0.3) is 0 Å². The van der Waals surface area contributed by atoms with Gasteiger partial charge >= 0.3 is 0 Å². The average Bonchev–Trinajstić information content (AvgIpc) is 3.16. The molecule has 0 bridgehead atoms. The average molecular weight is 533 g/mol. The van der Waals surface area contributed by atoms with Gasteiger partial charge in [-0.3, -0.25) is 14.9 Å². The van der Waals surface area contributed by atoms with Gasteiger partial charge in [0.15, 0.2) is 0 Å². The third-order valence-electron chi connectivity index (χ3n) is 8.99. The van der Waals surface area contributed by atoms with Crippen molar-refractivity contribution in [1.82, 2.24) is 15.5 Å². The van der Waals surface area contributed by atoms with Crippen LogP contribution in [0.4, 0.5) is 0 Å². The highest BCUT2D eigenvalue weighted by atomic mass is 16.3. The van der Waals surface area contributed by atoms with Gasteiger partial charge in [-0.25, -0.2) is 0 Å². The van der Waals surface area contributed by atoms with E-state index in [-0.39, 0.29) is 35.4 Å². The molecule has 0 spiro atoms. The Morgan fingerprint density at radius 3 is 2.72 bits per heavy atom. The summed E-state index contributed by atoms with van der Waals surface area (Å²) in [7, 11) is 1.75. The molecule has 3 aliphatic rings. The highest BCUT2D eigenvalue weighted by Gasteiger charge is 2.54. The van der Waals surface area contributed by atoms with Gasteiger partial charge in [0.2, 0.25) is 11.8 Å². The van der Waals surface area contributed by atoms with Crippen LogP contribution in [0.15, 0.2) is 54.2 Å². The Morgan fingerprint density at radius 2 is 1.97 bits per heavy atom. The molecular formula is C31H40N4O4. The van der Waals surface area contributed by atoms with Crippen molar-refractivity contribution in [3.05, 3.63) is 76.5 Å². The summed E-state index contributed by atoms with van der Waals surface area (Å²) in [6.07, 6.45) is 5.84. The number of allylic oxidation sites excluding steroid dienone is 2. The van der Waals surface area contributed by atoms with Crippen molar-refractivity contribution in [2.45, 2.75) is 70.2 Å². The van der Waals surface area contributed by atoms with Crippen LogP contribution in [-0.2, 0) is 28.9 Å². The van der Waals surface area contributed by atoms with Crippen LogP contribution in [0, 0.1) is 11.3 Å². The van der Waals surface area contributed by atoms with Gasteiger partial charge in [-0.15, -0.1) is 0 Å². The molecule has 1 saturated heterocycles. The molecule has 2 aliphatic heterocycles. The van der Waals surface area contributed by atoms with E-state index in [0.717, 1.165) is 42.5 Å². The van der Waals surface area contributed by atoms with Crippen molar-refractivity contribution >= 4 is 11.8 Å². The normalized spacial score (nSPS) is 28.0. The van der Waals surface area contributed by atoms with Crippen LogP contribution in [0.5, 0.6) is 5.75 Å². The summed E-state index contributed by atoms with van der Waals surface area (Å²) in [5.74, 6) is -0.00535. The van der Waals surface area contributed by atoms with E-state index < -0.39 is 12.3 Å². The standard InChI is InChI=1S/C31H40N4O4/c1-31(22-12-10-19-6-3-4-7-20(19)14-22)17-26-24-16-23(36)13-11-21(24)15-25(34-29(38)18-33-2)30(39)35(26)27(31)8-5-9-28(32)37/h3-4,6-8,11,13,16,22,25-26,29,33-34,36,38H,5,9-10,12,14-15,17-18H2,1-2H3,(H2,32,37). The lowest BCUT2D eigenvalue weighted by molar-refractivity contribution is -0.133. The fourth-order valence-electron chi connectivity index (χ4n) is 7.03. The first-order chi connectivity index (χ1) is 18.7. The largest absolute Gasteiger partial charge is 0.508 e. The number of benzene rings is 2. The number of rotatable bonds is 8. The predicted molar refractivity (Wildman–Crippen MR) is 149 cm³/mol. The number of aryl methyl sites for hydroxylation is 1. The minimum Gasteiger partial charge on any atom is -0.508 e. The second-order valence-corrected chi connectivity index (χ2v) is 11.5. The molecule has 0 radical (unpaired) electrons. The molecular weight excluding hydrogens is 492 g/mol. The molecule has 5 atom stereocenters. The summed E-state index contributed by atoms with van der Waals surface area (Å²) in [6, 6.07) is 13.0. The van der Waals surface area contributed by atoms with Gasteiger partial charge in [-0.2, -0.15) is 0 Å². The van der Waals surface area contributed by atoms with E-state index in [1.165, 1.54) is 11.1 Å². The van der Waals surface area contributed by atoms with Gasteiger partial charge in [-0.05, 0) is 85.9 Å². The van der Waals surface area contributed by atoms with E-state index in [1.807, 2.05) is 17.0 Å². The Morgan fingerprint density at radius 1 is 1.21 bits per heavy atom. The van der Waals surface area contributed by atoms with Gasteiger partial charge in [0.25, 0.3) is 0 Å². The number of aromatic hydroxyl groups is 1. The number of phenolic OH excluding ortho intramolecular Hbond substituents is 1. The van der Waals surface area contributed by atoms with Gasteiger partial charge in [-0.1, -0.05) is 43.3 Å². The number of amides is 2. The number of hydrogen-bond donors (Lipinski definition) is 5. The fourth-order valence-corrected chi connectivity index (χ4v) is 7.03. The minimum absolute atomic E-state index is 0.101. The first-order valence-electron chi connectivity index (χ1n) is 14.0. The van der Waals surface area contributed by atoms with Crippen molar-refractivity contribution < 1.29 is 19.8 Å². The smallest absolute Gasteiger partial charge is 0.244 e. The maximum absolute atomic E-state index is 14.3. The van der Waals surface area contributed by atoms with Crippen molar-refractivity contribution in [2.24, 2.45) is 17.1 Å². The molecule has 2 heterocycles. The number of fused-ring (bicyclic) bond motifs is 4. The molecule has 5 unspecified atom stereocenters. The molecule has 208 valence electrons. The summed E-state index contributed by atoms with van der Waals surface area (Å²) in [6.45, 7) is 2.56. The Kier molecular flexibility index (Phi) is 7.80. The monoisotopic (exact) mass is 532 g/mol. The maximum Gasteiger partial charge on any atom is 0.244 e. The predicted octanol–water partition coefficient (Wildman–Crippen LogP) is 2.68. The molecule has 5 rings (SSSR count). The SMILES string of the molecule is CNCC(O)NC1Cc2ccc(O)cc2C2CC(C)(C3CCc4ccccc4C3)C(=CCCC(N)=O)N2C1=O. The van der Waals surface area contributed by atoms with Crippen molar-refractivity contribution in [1.29, 1.82) is 0 Å². The molecule has 1 aliphatic carbocycles. The summed E-state index contributed by atoms with van der Waals surface area (Å²) >= 11 is 0. The quantitative estimate of drug-likeness (QED) is 0.333. The maximum atomic E-state index is 14.3. The number of hydrogen-bond acceptors (Lipinski definition) is 6. The third-order valence-corrected chi connectivity index (χ3v) is 8.99. The first-order valence-corrected chi connectivity index (χ1v) is 14.0. The van der Waals surface area contributed by atoms with Gasteiger partial charge < -0.3 is 26.2 Å². The summed E-state index contributed by atoms with van der Waals surface area (Å²) in [4.78, 5) is 27.9. The molecule has 0 aromatic heterocycles. The van der Waals surface area contributed by atoms with Crippen LogP contribution in [0.2, 0.25) is 0 Å². The third kappa shape index (κ3) is 5.33. The van der Waals surface area contributed by atoms with E-state index in [1.54, 1.807) is 19.2 Å². The topological polar surface area (TPSA) is 128 Å². The number of likely N-dealkylation sites (N-methyl/N-ethyl adjacent to an activating group) is 1. The van der Waals surface area contributed by atoms with Crippen LogP contribution in [0.1, 0.15) is 60.9 Å². The number of phenols is 1. The minimum atomic E-state index is -0.896. The van der Waals surface area contributed by atoms with Crippen molar-refractivity contribution in [2.75, 3.05) is 13.6 Å². The number of aliphatic hydroxyl groups is 1. The van der Waals surface area contributed by atoms with Crippen LogP contribution >= 0.6 is 0 Å². The van der Waals surface area contributed by atoms with E-state index in [0.29, 0.717) is 25.3 Å². The first kappa shape index (κ1) is 27.4. The molecule has 1 fully saturated rings. The molecule has 0 saturated carbocycles. The lowest BCUT2D eigenvalue weighted by Gasteiger charge is -2.40. The molecule has 8 nitrogen and oxygen atoms in total. The van der Waals surface area contributed by atoms with Gasteiger partial charge in [0.05, 0.1) is 12.1 Å². The zero-order valence-electron chi connectivity index (χ0n) is 22.8. The molecule has 2 amide bonds. The van der Waals surface area contributed by atoms with Crippen molar-refractivity contribution in [3.63, 3.8) is 0 Å². The molecule has 39 heavy (non-hydrogen) atoms. The number of carbonyl (C=O) groups excluding carboxylic acids is 2. The molecule has 6 N–H and O–H groups in total.